The van der Waals surface area contributed by atoms with Gasteiger partial charge in [-0.2, -0.15) is 24.6 Å². The Bertz CT molecular complexity index is 1010. The number of nitrogen functional groups attached to an aromatic ring is 1. The topological polar surface area (TPSA) is 169 Å². The average molecular weight is 410 g/mol. The highest BCUT2D eigenvalue weighted by atomic mass is 31.2. The number of methoxy groups -OCH3 is 1. The van der Waals surface area contributed by atoms with E-state index in [1.54, 1.807) is 31.4 Å². The number of benzene rings is 1. The lowest BCUT2D eigenvalue weighted by molar-refractivity contribution is 0.141. The number of hydrogen-bond acceptors (Lipinski definition) is 9. The van der Waals surface area contributed by atoms with Gasteiger partial charge in [-0.1, -0.05) is 24.3 Å². The van der Waals surface area contributed by atoms with Crippen molar-refractivity contribution >= 4 is 24.9 Å². The van der Waals surface area contributed by atoms with Crippen molar-refractivity contribution in [2.24, 2.45) is 0 Å². The fourth-order valence-electron chi connectivity index (χ4n) is 2.64. The van der Waals surface area contributed by atoms with Crippen LogP contribution in [0.25, 0.3) is 11.2 Å². The molecule has 3 rings (SSSR count). The van der Waals surface area contributed by atoms with Gasteiger partial charge in [0.25, 0.3) is 0 Å². The number of nitrogens with zero attached hydrogens (tertiary/aromatic N) is 3. The molecule has 2 heterocycles. The molecule has 0 unspecified atom stereocenters. The van der Waals surface area contributed by atoms with Gasteiger partial charge in [0.05, 0.1) is 13.2 Å². The van der Waals surface area contributed by atoms with E-state index in [0.29, 0.717) is 23.3 Å². The first kappa shape index (κ1) is 20.2. The van der Waals surface area contributed by atoms with E-state index in [9.17, 15) is 4.79 Å². The van der Waals surface area contributed by atoms with Crippen molar-refractivity contribution in [2.45, 2.75) is 12.7 Å². The summed E-state index contributed by atoms with van der Waals surface area (Å²) in [6.45, 7) is 0.791. The summed E-state index contributed by atoms with van der Waals surface area (Å²) < 4.78 is 11.7. The van der Waals surface area contributed by atoms with Crippen molar-refractivity contribution in [2.75, 3.05) is 26.1 Å². The zero-order valence-electron chi connectivity index (χ0n) is 15.1. The number of rotatable bonds is 8. The molecule has 0 fully saturated rings. The van der Waals surface area contributed by atoms with Crippen LogP contribution in [0.5, 0.6) is 6.01 Å². The molecule has 0 aliphatic rings. The molecule has 6 N–H and O–H groups in total. The third kappa shape index (κ3) is 4.83. The molecule has 0 atom stereocenters. The van der Waals surface area contributed by atoms with Crippen molar-refractivity contribution in [3.05, 3.63) is 45.9 Å². The zero-order valence-corrected chi connectivity index (χ0v) is 16.0. The van der Waals surface area contributed by atoms with Crippen LogP contribution in [-0.4, -0.2) is 54.5 Å². The summed E-state index contributed by atoms with van der Waals surface area (Å²) in [6, 6.07) is 6.78. The maximum Gasteiger partial charge on any atom is 0.408 e. The molecule has 0 aliphatic carbocycles. The number of aromatic nitrogens is 4. The molecule has 1 aromatic carbocycles. The molecule has 2 aromatic heterocycles. The molecule has 0 saturated heterocycles. The van der Waals surface area contributed by atoms with E-state index in [2.05, 4.69) is 15.0 Å². The minimum atomic E-state index is -3.89. The number of anilines is 1. The second kappa shape index (κ2) is 8.21. The first-order chi connectivity index (χ1) is 13.3. The normalized spacial score (nSPS) is 11.9. The number of H-pyrrole nitrogens is 1. The summed E-state index contributed by atoms with van der Waals surface area (Å²) in [4.78, 5) is 50.7. The fourth-order valence-corrected chi connectivity index (χ4v) is 3.34. The van der Waals surface area contributed by atoms with Gasteiger partial charge in [-0.3, -0.25) is 4.57 Å². The number of hydrogen-bond donors (Lipinski definition) is 5. The first-order valence-electron chi connectivity index (χ1n) is 8.29. The van der Waals surface area contributed by atoms with E-state index in [4.69, 9.17) is 29.9 Å². The Morgan fingerprint density at radius 3 is 2.46 bits per heavy atom. The molecule has 28 heavy (non-hydrogen) atoms. The van der Waals surface area contributed by atoms with Gasteiger partial charge in [0.1, 0.15) is 12.1 Å². The number of imidazole rings is 1. The molecule has 12 heteroatoms. The summed E-state index contributed by atoms with van der Waals surface area (Å²) in [5.41, 5.74) is 7.45. The van der Waals surface area contributed by atoms with Gasteiger partial charge in [0.2, 0.25) is 0 Å². The summed E-state index contributed by atoms with van der Waals surface area (Å²) >= 11 is 0. The minimum Gasteiger partial charge on any atom is -0.461 e. The quantitative estimate of drug-likeness (QED) is 0.254. The van der Waals surface area contributed by atoms with Gasteiger partial charge in [-0.15, -0.1) is 0 Å². The molecule has 0 aliphatic heterocycles. The van der Waals surface area contributed by atoms with E-state index in [1.807, 2.05) is 0 Å². The first-order valence-corrected chi connectivity index (χ1v) is 10.1. The highest BCUT2D eigenvalue weighted by Gasteiger charge is 2.29. The van der Waals surface area contributed by atoms with Crippen LogP contribution in [0.2, 0.25) is 0 Å². The van der Waals surface area contributed by atoms with E-state index < -0.39 is 13.6 Å². The van der Waals surface area contributed by atoms with Gasteiger partial charge < -0.3 is 20.2 Å². The highest BCUT2D eigenvalue weighted by Crippen LogP contribution is 2.48. The van der Waals surface area contributed by atoms with E-state index in [-0.39, 0.29) is 31.1 Å². The number of nitrogens with two attached hydrogens (primary N) is 1. The Morgan fingerprint density at radius 1 is 1.14 bits per heavy atom. The lowest BCUT2D eigenvalue weighted by Gasteiger charge is -2.08. The van der Waals surface area contributed by atoms with Gasteiger partial charge >= 0.3 is 19.6 Å². The van der Waals surface area contributed by atoms with Crippen LogP contribution in [0.1, 0.15) is 11.1 Å². The molecule has 0 radical (unpaired) electrons. The SMILES string of the molecule is COCCOc1nc(N)c2[nH]c(=O)n(Cc3ccc(C[P+](O)(O)O)cc3)c2n1. The van der Waals surface area contributed by atoms with Crippen LogP contribution in [0.4, 0.5) is 5.82 Å². The fraction of sp³-hybridized carbons (Fsp3) is 0.312. The van der Waals surface area contributed by atoms with E-state index in [1.165, 1.54) is 4.57 Å². The van der Waals surface area contributed by atoms with E-state index >= 15 is 0 Å². The van der Waals surface area contributed by atoms with Crippen molar-refractivity contribution < 1.29 is 24.2 Å². The molecular weight excluding hydrogens is 389 g/mol. The number of ether oxygens (including phenoxy) is 2. The molecule has 150 valence electrons. The zero-order chi connectivity index (χ0) is 20.3. The Labute approximate surface area is 160 Å². The summed E-state index contributed by atoms with van der Waals surface area (Å²) in [5.74, 6) is 0.0951. The third-order valence-electron chi connectivity index (χ3n) is 3.91. The van der Waals surface area contributed by atoms with Gasteiger partial charge in [0, 0.05) is 7.11 Å². The lowest BCUT2D eigenvalue weighted by Crippen LogP contribution is -2.18. The van der Waals surface area contributed by atoms with Crippen LogP contribution >= 0.6 is 7.94 Å². The minimum absolute atomic E-state index is 0.0410. The molecule has 11 nitrogen and oxygen atoms in total. The van der Waals surface area contributed by atoms with Crippen molar-refractivity contribution in [3.8, 4) is 6.01 Å². The van der Waals surface area contributed by atoms with E-state index in [0.717, 1.165) is 5.56 Å². The molecule has 0 bridgehead atoms. The standard InChI is InChI=1S/C16H20N5O6P/c1-26-6-7-27-15-19-13(17)12-14(20-15)21(16(22)18-12)8-10-2-4-11(5-3-10)9-28(23,24)25/h2-5,23-25H,6-9H2,1H3,(H2-,17,18,19,20,22)/p+1. The summed E-state index contributed by atoms with van der Waals surface area (Å²) in [6.07, 6.45) is -0.230. The molecule has 0 spiro atoms. The van der Waals surface area contributed by atoms with Crippen LogP contribution in [-0.2, 0) is 17.4 Å². The molecule has 3 aromatic rings. The predicted molar refractivity (Wildman–Crippen MR) is 103 cm³/mol. The van der Waals surface area contributed by atoms with Gasteiger partial charge in [0.15, 0.2) is 17.6 Å². The van der Waals surface area contributed by atoms with Gasteiger partial charge in [-0.05, 0) is 11.1 Å². The highest BCUT2D eigenvalue weighted by molar-refractivity contribution is 7.57. The van der Waals surface area contributed by atoms with Gasteiger partial charge in [-0.25, -0.2) is 4.79 Å². The number of aromatic amines is 1. The van der Waals surface area contributed by atoms with Crippen LogP contribution < -0.4 is 16.2 Å². The molecule has 0 saturated carbocycles. The van der Waals surface area contributed by atoms with Crippen LogP contribution in [0.15, 0.2) is 29.1 Å². The second-order valence-electron chi connectivity index (χ2n) is 6.11. The largest absolute Gasteiger partial charge is 0.461 e. The predicted octanol–water partition coefficient (Wildman–Crippen LogP) is 0.0148. The van der Waals surface area contributed by atoms with Crippen molar-refractivity contribution in [1.82, 2.24) is 19.5 Å². The van der Waals surface area contributed by atoms with Crippen LogP contribution in [0, 0.1) is 0 Å². The maximum absolute atomic E-state index is 12.3. The molecule has 0 amide bonds. The van der Waals surface area contributed by atoms with Crippen molar-refractivity contribution in [1.29, 1.82) is 0 Å². The average Bonchev–Trinajstić information content (AvgIpc) is 2.92. The lowest BCUT2D eigenvalue weighted by atomic mass is 10.1. The number of fused-ring (bicyclic) bond motifs is 1. The monoisotopic (exact) mass is 410 g/mol. The Morgan fingerprint density at radius 2 is 1.82 bits per heavy atom. The second-order valence-corrected chi connectivity index (χ2v) is 7.82. The number of nitrogens with one attached hydrogen (secondary N) is 1. The maximum atomic E-state index is 12.3. The molecular formula is C16H21N5O6P+. The summed E-state index contributed by atoms with van der Waals surface area (Å²) in [5, 5.41) is 0. The summed E-state index contributed by atoms with van der Waals surface area (Å²) in [7, 11) is -2.34. The van der Waals surface area contributed by atoms with Crippen molar-refractivity contribution in [3.63, 3.8) is 0 Å². The Kier molecular flexibility index (Phi) is 5.92. The smallest absolute Gasteiger partial charge is 0.408 e. The third-order valence-corrected chi connectivity index (χ3v) is 4.70. The Hall–Kier alpha value is -2.56. The Balaban J connectivity index is 1.88. The van der Waals surface area contributed by atoms with Crippen LogP contribution in [0.3, 0.4) is 0 Å².